The van der Waals surface area contributed by atoms with Crippen molar-refractivity contribution in [3.8, 4) is 5.75 Å². The third-order valence-corrected chi connectivity index (χ3v) is 2.74. The molecule has 0 aliphatic carbocycles. The first-order valence-corrected chi connectivity index (χ1v) is 5.74. The molecule has 0 bridgehead atoms. The Morgan fingerprint density at radius 1 is 1.35 bits per heavy atom. The van der Waals surface area contributed by atoms with Crippen LogP contribution in [0, 0.1) is 6.92 Å². The van der Waals surface area contributed by atoms with Crippen LogP contribution < -0.4 is 4.74 Å². The average molecular weight is 239 g/mol. The molecule has 0 saturated heterocycles. The number of hydrogen-bond donors (Lipinski definition) is 1. The minimum atomic E-state index is -0.197. The quantitative estimate of drug-likeness (QED) is 0.825. The van der Waals surface area contributed by atoms with E-state index in [0.29, 0.717) is 18.1 Å². The normalized spacial score (nSPS) is 11.6. The predicted octanol–water partition coefficient (Wildman–Crippen LogP) is 2.08. The molecule has 4 nitrogen and oxygen atoms in total. The van der Waals surface area contributed by atoms with Gasteiger partial charge in [-0.15, -0.1) is 0 Å². The Balaban J connectivity index is 2.57. The Morgan fingerprint density at radius 3 is 2.65 bits per heavy atom. The van der Waals surface area contributed by atoms with Crippen molar-refractivity contribution in [1.29, 1.82) is 0 Å². The largest absolute Gasteiger partial charge is 0.491 e. The molecule has 1 N–H and O–H groups in total. The van der Waals surface area contributed by atoms with E-state index in [1.807, 2.05) is 32.9 Å². The monoisotopic (exact) mass is 239 g/mol. The Labute approximate surface area is 103 Å². The van der Waals surface area contributed by atoms with Crippen molar-refractivity contribution in [3.05, 3.63) is 23.5 Å². The first-order chi connectivity index (χ1) is 7.98. The number of rotatable bonds is 6. The first-order valence-electron chi connectivity index (χ1n) is 5.74. The van der Waals surface area contributed by atoms with E-state index in [4.69, 9.17) is 9.47 Å². The zero-order chi connectivity index (χ0) is 12.9. The van der Waals surface area contributed by atoms with Gasteiger partial charge in [-0.25, -0.2) is 0 Å². The van der Waals surface area contributed by atoms with Gasteiger partial charge in [-0.05, 0) is 32.9 Å². The van der Waals surface area contributed by atoms with Gasteiger partial charge < -0.3 is 14.6 Å². The van der Waals surface area contributed by atoms with Crippen molar-refractivity contribution in [1.82, 2.24) is 4.98 Å². The molecular formula is C13H21NO3. The summed E-state index contributed by atoms with van der Waals surface area (Å²) in [5.74, 6) is 0.644. The van der Waals surface area contributed by atoms with E-state index in [2.05, 4.69) is 4.98 Å². The van der Waals surface area contributed by atoms with E-state index < -0.39 is 0 Å². The zero-order valence-electron chi connectivity index (χ0n) is 11.0. The number of aliphatic hydroxyl groups excluding tert-OH is 1. The fourth-order valence-corrected chi connectivity index (χ4v) is 1.35. The van der Waals surface area contributed by atoms with Crippen LogP contribution in [0.5, 0.6) is 5.75 Å². The van der Waals surface area contributed by atoms with Gasteiger partial charge in [-0.1, -0.05) is 0 Å². The van der Waals surface area contributed by atoms with Crippen LogP contribution in [-0.2, 0) is 11.3 Å². The molecule has 1 heterocycles. The molecule has 1 rings (SSSR count). The van der Waals surface area contributed by atoms with Crippen LogP contribution in [0.1, 0.15) is 31.7 Å². The van der Waals surface area contributed by atoms with E-state index in [-0.39, 0.29) is 12.2 Å². The molecular weight excluding hydrogens is 218 g/mol. The van der Waals surface area contributed by atoms with Crippen molar-refractivity contribution in [2.24, 2.45) is 0 Å². The summed E-state index contributed by atoms with van der Waals surface area (Å²) in [6, 6.07) is 3.71. The minimum Gasteiger partial charge on any atom is -0.491 e. The first kappa shape index (κ1) is 13.9. The summed E-state index contributed by atoms with van der Waals surface area (Å²) in [5, 5.41) is 9.18. The van der Waals surface area contributed by atoms with Crippen LogP contribution in [0.3, 0.4) is 0 Å². The second-order valence-corrected chi connectivity index (χ2v) is 4.62. The highest BCUT2D eigenvalue weighted by Gasteiger charge is 2.16. The van der Waals surface area contributed by atoms with Crippen LogP contribution in [0.15, 0.2) is 12.1 Å². The second-order valence-electron chi connectivity index (χ2n) is 4.62. The molecule has 17 heavy (non-hydrogen) atoms. The highest BCUT2D eigenvalue weighted by Crippen LogP contribution is 2.19. The van der Waals surface area contributed by atoms with E-state index >= 15 is 0 Å². The van der Waals surface area contributed by atoms with E-state index in [9.17, 15) is 5.11 Å². The smallest absolute Gasteiger partial charge is 0.143 e. The number of aliphatic hydroxyl groups is 1. The van der Waals surface area contributed by atoms with Gasteiger partial charge in [-0.3, -0.25) is 4.98 Å². The molecule has 96 valence electrons. The fraction of sp³-hybridized carbons (Fsp3) is 0.615. The Hall–Kier alpha value is -1.13. The second kappa shape index (κ2) is 5.98. The predicted molar refractivity (Wildman–Crippen MR) is 66.1 cm³/mol. The summed E-state index contributed by atoms with van der Waals surface area (Å²) < 4.78 is 10.9. The molecule has 0 aliphatic rings. The van der Waals surface area contributed by atoms with Crippen LogP contribution in [0.25, 0.3) is 0 Å². The molecule has 0 fully saturated rings. The Morgan fingerprint density at radius 2 is 2.06 bits per heavy atom. The van der Waals surface area contributed by atoms with Gasteiger partial charge in [0.25, 0.3) is 0 Å². The molecule has 0 aromatic carbocycles. The van der Waals surface area contributed by atoms with Gasteiger partial charge in [0.15, 0.2) is 0 Å². The summed E-state index contributed by atoms with van der Waals surface area (Å²) in [4.78, 5) is 4.22. The van der Waals surface area contributed by atoms with Gasteiger partial charge in [-0.2, -0.15) is 0 Å². The standard InChI is InChI=1S/C13H21NO3/c1-10-5-6-12(11(9-15)14-10)17-8-7-13(2,3)16-4/h5-6,15H,7-9H2,1-4H3. The maximum atomic E-state index is 9.18. The van der Waals surface area contributed by atoms with Crippen LogP contribution in [0.2, 0.25) is 0 Å². The topological polar surface area (TPSA) is 51.6 Å². The van der Waals surface area contributed by atoms with E-state index in [1.165, 1.54) is 0 Å². The zero-order valence-corrected chi connectivity index (χ0v) is 11.0. The lowest BCUT2D eigenvalue weighted by Gasteiger charge is -2.22. The molecule has 0 spiro atoms. The van der Waals surface area contributed by atoms with Crippen LogP contribution in [-0.4, -0.2) is 29.4 Å². The van der Waals surface area contributed by atoms with Gasteiger partial charge in [0.05, 0.1) is 18.8 Å². The van der Waals surface area contributed by atoms with Crippen molar-refractivity contribution in [3.63, 3.8) is 0 Å². The number of methoxy groups -OCH3 is 1. The summed E-state index contributed by atoms with van der Waals surface area (Å²) >= 11 is 0. The number of aromatic nitrogens is 1. The average Bonchev–Trinajstić information content (AvgIpc) is 2.30. The molecule has 0 atom stereocenters. The summed E-state index contributed by atoms with van der Waals surface area (Å²) in [5.41, 5.74) is 1.26. The molecule has 0 saturated carbocycles. The summed E-state index contributed by atoms with van der Waals surface area (Å²) in [6.07, 6.45) is 0.780. The third-order valence-electron chi connectivity index (χ3n) is 2.74. The molecule has 0 radical (unpaired) electrons. The summed E-state index contributed by atoms with van der Waals surface area (Å²) in [7, 11) is 1.69. The fourth-order valence-electron chi connectivity index (χ4n) is 1.35. The maximum Gasteiger partial charge on any atom is 0.143 e. The molecule has 4 heteroatoms. The maximum absolute atomic E-state index is 9.18. The molecule has 1 aromatic rings. The van der Waals surface area contributed by atoms with Gasteiger partial charge in [0.2, 0.25) is 0 Å². The molecule has 0 aliphatic heterocycles. The lowest BCUT2D eigenvalue weighted by atomic mass is 10.1. The number of aryl methyl sites for hydroxylation is 1. The summed E-state index contributed by atoms with van der Waals surface area (Å²) in [6.45, 7) is 6.34. The van der Waals surface area contributed by atoms with Crippen molar-refractivity contribution in [2.45, 2.75) is 39.4 Å². The lowest BCUT2D eigenvalue weighted by Crippen LogP contribution is -2.25. The van der Waals surface area contributed by atoms with Crippen molar-refractivity contribution >= 4 is 0 Å². The van der Waals surface area contributed by atoms with Crippen molar-refractivity contribution in [2.75, 3.05) is 13.7 Å². The van der Waals surface area contributed by atoms with Crippen LogP contribution in [0.4, 0.5) is 0 Å². The minimum absolute atomic E-state index is 0.106. The lowest BCUT2D eigenvalue weighted by molar-refractivity contribution is 0.00525. The Kier molecular flexibility index (Phi) is 4.90. The SMILES string of the molecule is COC(C)(C)CCOc1ccc(C)nc1CO. The highest BCUT2D eigenvalue weighted by atomic mass is 16.5. The molecule has 1 aromatic heterocycles. The van der Waals surface area contributed by atoms with E-state index in [0.717, 1.165) is 12.1 Å². The number of pyridine rings is 1. The molecule has 0 amide bonds. The third kappa shape index (κ3) is 4.32. The van der Waals surface area contributed by atoms with Crippen molar-refractivity contribution < 1.29 is 14.6 Å². The van der Waals surface area contributed by atoms with Gasteiger partial charge >= 0.3 is 0 Å². The number of nitrogens with zero attached hydrogens (tertiary/aromatic N) is 1. The number of ether oxygens (including phenoxy) is 2. The Bertz CT molecular complexity index is 364. The van der Waals surface area contributed by atoms with Crippen LogP contribution >= 0.6 is 0 Å². The van der Waals surface area contributed by atoms with E-state index in [1.54, 1.807) is 7.11 Å². The van der Waals surface area contributed by atoms with Gasteiger partial charge in [0.1, 0.15) is 11.4 Å². The highest BCUT2D eigenvalue weighted by molar-refractivity contribution is 5.28. The van der Waals surface area contributed by atoms with Gasteiger partial charge in [0, 0.05) is 19.2 Å². The molecule has 0 unspecified atom stereocenters. The number of hydrogen-bond acceptors (Lipinski definition) is 4.